The van der Waals surface area contributed by atoms with Gasteiger partial charge in [-0.1, -0.05) is 17.7 Å². The monoisotopic (exact) mass is 456 g/mol. The highest BCUT2D eigenvalue weighted by Gasteiger charge is 2.42. The van der Waals surface area contributed by atoms with Gasteiger partial charge in [0.25, 0.3) is 0 Å². The van der Waals surface area contributed by atoms with Gasteiger partial charge in [0, 0.05) is 23.5 Å². The average Bonchev–Trinajstić information content (AvgIpc) is 3.44. The van der Waals surface area contributed by atoms with E-state index in [0.717, 1.165) is 12.8 Å². The van der Waals surface area contributed by atoms with E-state index < -0.39 is 11.9 Å². The molecule has 0 aliphatic heterocycles. The SMILES string of the molecule is Cl.O=C(Cc1ccccn1)Nc1ccc(-n2nc(C(F)(F)F)c(Cl)c2C2CC2)cc1. The lowest BCUT2D eigenvalue weighted by atomic mass is 10.2. The fourth-order valence-corrected chi connectivity index (χ4v) is 3.44. The van der Waals surface area contributed by atoms with Gasteiger partial charge in [0.05, 0.1) is 22.8 Å². The maximum Gasteiger partial charge on any atom is 0.436 e. The third-order valence-corrected chi connectivity index (χ3v) is 4.93. The molecule has 0 atom stereocenters. The number of nitrogens with zero attached hydrogens (tertiary/aromatic N) is 3. The Morgan fingerprint density at radius 3 is 2.43 bits per heavy atom. The van der Waals surface area contributed by atoms with E-state index in [1.807, 2.05) is 0 Å². The summed E-state index contributed by atoms with van der Waals surface area (Å²) in [6.45, 7) is 0. The highest BCUT2D eigenvalue weighted by molar-refractivity contribution is 6.32. The van der Waals surface area contributed by atoms with Crippen LogP contribution in [0, 0.1) is 0 Å². The highest BCUT2D eigenvalue weighted by atomic mass is 35.5. The molecule has 158 valence electrons. The molecule has 0 saturated heterocycles. The molecule has 1 aliphatic carbocycles. The topological polar surface area (TPSA) is 59.8 Å². The standard InChI is InChI=1S/C20H16ClF3N4O.ClH/c21-17-18(12-4-5-12)28(27-19(17)20(22,23)24)15-8-6-13(7-9-15)26-16(29)11-14-3-1-2-10-25-14;/h1-3,6-10,12H,4-5,11H2,(H,26,29);1H. The maximum atomic E-state index is 13.2. The van der Waals surface area contributed by atoms with E-state index in [0.29, 0.717) is 22.8 Å². The van der Waals surface area contributed by atoms with Gasteiger partial charge in [-0.15, -0.1) is 12.4 Å². The first-order valence-corrected chi connectivity index (χ1v) is 9.36. The number of hydrogen-bond acceptors (Lipinski definition) is 3. The van der Waals surface area contributed by atoms with E-state index >= 15 is 0 Å². The third kappa shape index (κ3) is 4.76. The summed E-state index contributed by atoms with van der Waals surface area (Å²) in [5, 5.41) is 6.13. The van der Waals surface area contributed by atoms with Gasteiger partial charge in [0.2, 0.25) is 5.91 Å². The molecule has 0 spiro atoms. The maximum absolute atomic E-state index is 13.2. The van der Waals surface area contributed by atoms with Crippen molar-refractivity contribution in [3.8, 4) is 5.69 Å². The molecule has 3 aromatic rings. The molecule has 2 aromatic heterocycles. The molecule has 2 heterocycles. The van der Waals surface area contributed by atoms with Crippen molar-refractivity contribution >= 4 is 35.6 Å². The second-order valence-corrected chi connectivity index (χ2v) is 7.20. The van der Waals surface area contributed by atoms with E-state index in [2.05, 4.69) is 15.4 Å². The van der Waals surface area contributed by atoms with Gasteiger partial charge >= 0.3 is 6.18 Å². The van der Waals surface area contributed by atoms with Crippen molar-refractivity contribution in [1.82, 2.24) is 14.8 Å². The van der Waals surface area contributed by atoms with Crippen LogP contribution >= 0.6 is 24.0 Å². The molecule has 0 radical (unpaired) electrons. The van der Waals surface area contributed by atoms with Gasteiger partial charge in [-0.2, -0.15) is 18.3 Å². The Hall–Kier alpha value is -2.58. The lowest BCUT2D eigenvalue weighted by Gasteiger charge is -2.09. The summed E-state index contributed by atoms with van der Waals surface area (Å²) in [6.07, 6.45) is -1.32. The van der Waals surface area contributed by atoms with Gasteiger partial charge in [0.1, 0.15) is 0 Å². The summed E-state index contributed by atoms with van der Waals surface area (Å²) in [5.41, 5.74) is 0.922. The number of carbonyl (C=O) groups is 1. The van der Waals surface area contributed by atoms with Crippen molar-refractivity contribution in [2.45, 2.75) is 31.4 Å². The second kappa shape index (κ2) is 8.65. The van der Waals surface area contributed by atoms with Crippen LogP contribution in [0.1, 0.15) is 35.8 Å². The predicted molar refractivity (Wildman–Crippen MR) is 109 cm³/mol. The van der Waals surface area contributed by atoms with Gasteiger partial charge in [-0.25, -0.2) is 4.68 Å². The fourth-order valence-electron chi connectivity index (χ4n) is 3.06. The molecule has 10 heteroatoms. The number of aromatic nitrogens is 3. The zero-order valence-corrected chi connectivity index (χ0v) is 17.1. The Balaban J connectivity index is 0.00000256. The normalized spacial score (nSPS) is 13.6. The predicted octanol–water partition coefficient (Wildman–Crippen LogP) is 5.42. The minimum absolute atomic E-state index is 0. The summed E-state index contributed by atoms with van der Waals surface area (Å²) in [5.74, 6) is -0.263. The van der Waals surface area contributed by atoms with Crippen LogP contribution in [0.25, 0.3) is 5.69 Å². The molecule has 1 amide bonds. The summed E-state index contributed by atoms with van der Waals surface area (Å²) >= 11 is 6.01. The smallest absolute Gasteiger partial charge is 0.326 e. The third-order valence-electron chi connectivity index (χ3n) is 4.56. The number of nitrogens with one attached hydrogen (secondary N) is 1. The number of amides is 1. The van der Waals surface area contributed by atoms with E-state index in [-0.39, 0.29) is 35.7 Å². The molecule has 5 nitrogen and oxygen atoms in total. The number of benzene rings is 1. The Morgan fingerprint density at radius 1 is 1.17 bits per heavy atom. The number of hydrogen-bond donors (Lipinski definition) is 1. The van der Waals surface area contributed by atoms with Gasteiger partial charge in [-0.3, -0.25) is 9.78 Å². The van der Waals surface area contributed by atoms with Crippen molar-refractivity contribution in [2.24, 2.45) is 0 Å². The van der Waals surface area contributed by atoms with Gasteiger partial charge < -0.3 is 5.32 Å². The zero-order chi connectivity index (χ0) is 20.6. The Kier molecular flexibility index (Phi) is 6.38. The first-order chi connectivity index (χ1) is 13.8. The van der Waals surface area contributed by atoms with E-state index in [1.165, 1.54) is 4.68 Å². The van der Waals surface area contributed by atoms with Crippen molar-refractivity contribution < 1.29 is 18.0 Å². The Labute approximate surface area is 181 Å². The van der Waals surface area contributed by atoms with Crippen molar-refractivity contribution in [3.63, 3.8) is 0 Å². The zero-order valence-electron chi connectivity index (χ0n) is 15.5. The van der Waals surface area contributed by atoms with Gasteiger partial charge in [0.15, 0.2) is 5.69 Å². The van der Waals surface area contributed by atoms with Crippen molar-refractivity contribution in [2.75, 3.05) is 5.32 Å². The van der Waals surface area contributed by atoms with E-state index in [4.69, 9.17) is 11.6 Å². The second-order valence-electron chi connectivity index (χ2n) is 6.82. The molecule has 0 unspecified atom stereocenters. The first-order valence-electron chi connectivity index (χ1n) is 8.99. The lowest BCUT2D eigenvalue weighted by molar-refractivity contribution is -0.141. The van der Waals surface area contributed by atoms with Gasteiger partial charge in [-0.05, 0) is 49.2 Å². The highest BCUT2D eigenvalue weighted by Crippen LogP contribution is 2.47. The summed E-state index contributed by atoms with van der Waals surface area (Å²) in [7, 11) is 0. The Morgan fingerprint density at radius 2 is 1.87 bits per heavy atom. The molecule has 4 rings (SSSR count). The molecule has 0 bridgehead atoms. The quantitative estimate of drug-likeness (QED) is 0.557. The van der Waals surface area contributed by atoms with Crippen molar-refractivity contribution in [3.05, 3.63) is 70.8 Å². The number of rotatable bonds is 5. The van der Waals surface area contributed by atoms with Crippen LogP contribution in [0.4, 0.5) is 18.9 Å². The van der Waals surface area contributed by atoms with E-state index in [9.17, 15) is 18.0 Å². The number of alkyl halides is 3. The number of anilines is 1. The molecule has 1 aliphatic rings. The number of carbonyl (C=O) groups excluding carboxylic acids is 1. The number of pyridine rings is 1. The molecule has 30 heavy (non-hydrogen) atoms. The molecule has 1 aromatic carbocycles. The largest absolute Gasteiger partial charge is 0.436 e. The first kappa shape index (κ1) is 22.1. The van der Waals surface area contributed by atoms with Crippen LogP contribution in [0.2, 0.25) is 5.02 Å². The Bertz CT molecular complexity index is 1030. The lowest BCUT2D eigenvalue weighted by Crippen LogP contribution is -2.15. The number of halogens is 5. The summed E-state index contributed by atoms with van der Waals surface area (Å²) in [6, 6.07) is 11.8. The fraction of sp³-hybridized carbons (Fsp3) is 0.250. The van der Waals surface area contributed by atoms with Crippen LogP contribution in [0.15, 0.2) is 48.7 Å². The minimum atomic E-state index is -4.62. The molecule has 1 saturated carbocycles. The summed E-state index contributed by atoms with van der Waals surface area (Å²) in [4.78, 5) is 16.2. The molecular weight excluding hydrogens is 440 g/mol. The van der Waals surface area contributed by atoms with Crippen molar-refractivity contribution in [1.29, 1.82) is 0 Å². The van der Waals surface area contributed by atoms with Crippen LogP contribution < -0.4 is 5.32 Å². The molecule has 1 N–H and O–H groups in total. The summed E-state index contributed by atoms with van der Waals surface area (Å²) < 4.78 is 40.9. The van der Waals surface area contributed by atoms with Crippen LogP contribution in [0.3, 0.4) is 0 Å². The minimum Gasteiger partial charge on any atom is -0.326 e. The molecular formula is C20H17Cl2F3N4O. The van der Waals surface area contributed by atoms with E-state index in [1.54, 1.807) is 48.7 Å². The molecule has 1 fully saturated rings. The van der Waals surface area contributed by atoms with Crippen LogP contribution in [-0.2, 0) is 17.4 Å². The average molecular weight is 457 g/mol. The van der Waals surface area contributed by atoms with Crippen LogP contribution in [0.5, 0.6) is 0 Å². The van der Waals surface area contributed by atoms with Crippen LogP contribution in [-0.4, -0.2) is 20.7 Å².